The first-order valence-electron chi connectivity index (χ1n) is 9.86. The highest BCUT2D eigenvalue weighted by Crippen LogP contribution is 1.95. The zero-order valence-corrected chi connectivity index (χ0v) is 17.8. The first-order chi connectivity index (χ1) is 13.8. The minimum atomic E-state index is -0.590. The van der Waals surface area contributed by atoms with Gasteiger partial charge in [-0.1, -0.05) is 0 Å². The molecule has 29 heavy (non-hydrogen) atoms. The molecule has 4 unspecified atom stereocenters. The van der Waals surface area contributed by atoms with Crippen LogP contribution in [0, 0.1) is 0 Å². The number of carbonyl (C=O) groups is 4. The Hall–Kier alpha value is -2.08. The topological polar surface area (TPSA) is 166 Å². The molecule has 4 atom stereocenters. The summed E-state index contributed by atoms with van der Waals surface area (Å²) in [6, 6.07) is -1.81. The van der Waals surface area contributed by atoms with Gasteiger partial charge in [0.2, 0.25) is 17.7 Å². The molecule has 0 spiro atoms. The van der Waals surface area contributed by atoms with E-state index in [0.29, 0.717) is 45.2 Å². The molecule has 11 nitrogen and oxygen atoms in total. The van der Waals surface area contributed by atoms with Crippen LogP contribution in [0.2, 0.25) is 0 Å². The molecule has 0 aromatic rings. The van der Waals surface area contributed by atoms with E-state index in [-0.39, 0.29) is 23.8 Å². The average molecular weight is 416 g/mol. The molecule has 0 saturated carbocycles. The lowest BCUT2D eigenvalue weighted by Crippen LogP contribution is -2.48. The molecule has 0 aromatic carbocycles. The van der Waals surface area contributed by atoms with Gasteiger partial charge in [-0.05, 0) is 47.3 Å². The predicted molar refractivity (Wildman–Crippen MR) is 111 cm³/mol. The quantitative estimate of drug-likeness (QED) is 0.130. The SMILES string of the molecule is CNC(C)C(=O)NCCC(NC)C(=O)NCCC(NC)C(=O)NCCC(N)C=O. The lowest BCUT2D eigenvalue weighted by molar-refractivity contribution is -0.125. The predicted octanol–water partition coefficient (Wildman–Crippen LogP) is -3.18. The first-order valence-corrected chi connectivity index (χ1v) is 9.86. The van der Waals surface area contributed by atoms with Crippen LogP contribution in [-0.4, -0.2) is 89.0 Å². The van der Waals surface area contributed by atoms with Crippen molar-refractivity contribution >= 4 is 24.0 Å². The van der Waals surface area contributed by atoms with Crippen LogP contribution >= 0.6 is 0 Å². The average Bonchev–Trinajstić information content (AvgIpc) is 2.72. The number of amides is 3. The number of nitrogens with two attached hydrogens (primary N) is 1. The zero-order valence-electron chi connectivity index (χ0n) is 17.8. The summed E-state index contributed by atoms with van der Waals surface area (Å²) in [6.07, 6.45) is 1.86. The smallest absolute Gasteiger partial charge is 0.237 e. The Morgan fingerprint density at radius 2 is 1.17 bits per heavy atom. The van der Waals surface area contributed by atoms with Crippen LogP contribution in [0.1, 0.15) is 26.2 Å². The van der Waals surface area contributed by atoms with Crippen molar-refractivity contribution in [3.05, 3.63) is 0 Å². The summed E-state index contributed by atoms with van der Waals surface area (Å²) in [4.78, 5) is 46.6. The Kier molecular flexibility index (Phi) is 14.7. The van der Waals surface area contributed by atoms with E-state index in [1.165, 1.54) is 0 Å². The molecule has 0 aliphatic rings. The molecule has 8 N–H and O–H groups in total. The minimum Gasteiger partial charge on any atom is -0.355 e. The maximum absolute atomic E-state index is 12.3. The van der Waals surface area contributed by atoms with Gasteiger partial charge in [-0.2, -0.15) is 0 Å². The number of rotatable bonds is 16. The summed E-state index contributed by atoms with van der Waals surface area (Å²) in [5, 5.41) is 16.9. The van der Waals surface area contributed by atoms with Gasteiger partial charge in [-0.3, -0.25) is 14.4 Å². The van der Waals surface area contributed by atoms with Crippen molar-refractivity contribution in [1.29, 1.82) is 0 Å². The zero-order chi connectivity index (χ0) is 22.2. The normalized spacial score (nSPS) is 14.9. The van der Waals surface area contributed by atoms with Crippen molar-refractivity contribution in [1.82, 2.24) is 31.9 Å². The van der Waals surface area contributed by atoms with Crippen LogP contribution in [-0.2, 0) is 19.2 Å². The maximum atomic E-state index is 12.3. The van der Waals surface area contributed by atoms with E-state index in [1.807, 2.05) is 0 Å². The van der Waals surface area contributed by atoms with Crippen molar-refractivity contribution in [2.45, 2.75) is 50.4 Å². The van der Waals surface area contributed by atoms with Crippen LogP contribution in [0.5, 0.6) is 0 Å². The van der Waals surface area contributed by atoms with E-state index in [9.17, 15) is 19.2 Å². The van der Waals surface area contributed by atoms with Crippen LogP contribution in [0.3, 0.4) is 0 Å². The summed E-state index contributed by atoms with van der Waals surface area (Å²) in [6.45, 7) is 2.74. The lowest BCUT2D eigenvalue weighted by atomic mass is 10.1. The van der Waals surface area contributed by atoms with E-state index in [2.05, 4.69) is 31.9 Å². The molecule has 11 heteroatoms. The van der Waals surface area contributed by atoms with Crippen LogP contribution in [0.15, 0.2) is 0 Å². The number of aldehydes is 1. The van der Waals surface area contributed by atoms with Crippen molar-refractivity contribution in [2.24, 2.45) is 5.73 Å². The summed E-state index contributed by atoms with van der Waals surface area (Å²) in [7, 11) is 5.04. The Labute approximate surface area is 172 Å². The second kappa shape index (κ2) is 15.8. The van der Waals surface area contributed by atoms with E-state index >= 15 is 0 Å². The van der Waals surface area contributed by atoms with Gasteiger partial charge in [-0.15, -0.1) is 0 Å². The number of hydrogen-bond acceptors (Lipinski definition) is 8. The molecule has 3 amide bonds. The highest BCUT2D eigenvalue weighted by atomic mass is 16.2. The summed E-state index contributed by atoms with van der Waals surface area (Å²) < 4.78 is 0. The third-order valence-electron chi connectivity index (χ3n) is 4.57. The number of hydrogen-bond donors (Lipinski definition) is 7. The van der Waals surface area contributed by atoms with Gasteiger partial charge in [0.15, 0.2) is 0 Å². The van der Waals surface area contributed by atoms with Gasteiger partial charge in [0.25, 0.3) is 0 Å². The van der Waals surface area contributed by atoms with Crippen LogP contribution < -0.4 is 37.6 Å². The summed E-state index contributed by atoms with van der Waals surface area (Å²) >= 11 is 0. The molecule has 0 rings (SSSR count). The van der Waals surface area contributed by atoms with Crippen LogP contribution in [0.25, 0.3) is 0 Å². The fourth-order valence-electron chi connectivity index (χ4n) is 2.45. The largest absolute Gasteiger partial charge is 0.355 e. The van der Waals surface area contributed by atoms with Crippen LogP contribution in [0.4, 0.5) is 0 Å². The maximum Gasteiger partial charge on any atom is 0.237 e. The minimum absolute atomic E-state index is 0.125. The lowest BCUT2D eigenvalue weighted by Gasteiger charge is -2.19. The molecule has 0 fully saturated rings. The molecule has 0 aromatic heterocycles. The Balaban J connectivity index is 4.24. The van der Waals surface area contributed by atoms with Gasteiger partial charge in [0.1, 0.15) is 6.29 Å². The van der Waals surface area contributed by atoms with Gasteiger partial charge < -0.3 is 42.4 Å². The van der Waals surface area contributed by atoms with Crippen molar-refractivity contribution in [3.8, 4) is 0 Å². The molecule has 0 bridgehead atoms. The van der Waals surface area contributed by atoms with Crippen molar-refractivity contribution < 1.29 is 19.2 Å². The molecule has 0 saturated heterocycles. The first kappa shape index (κ1) is 26.9. The van der Waals surface area contributed by atoms with Gasteiger partial charge in [-0.25, -0.2) is 0 Å². The van der Waals surface area contributed by atoms with Gasteiger partial charge in [0.05, 0.1) is 24.2 Å². The number of nitrogens with one attached hydrogen (secondary N) is 6. The third kappa shape index (κ3) is 11.5. The van der Waals surface area contributed by atoms with E-state index in [0.717, 1.165) is 0 Å². The van der Waals surface area contributed by atoms with Gasteiger partial charge in [0, 0.05) is 19.6 Å². The second-order valence-electron chi connectivity index (χ2n) is 6.73. The van der Waals surface area contributed by atoms with Gasteiger partial charge >= 0.3 is 0 Å². The molecule has 0 aliphatic carbocycles. The molecule has 0 heterocycles. The number of likely N-dealkylation sites (N-methyl/N-ethyl adjacent to an activating group) is 3. The summed E-state index contributed by atoms with van der Waals surface area (Å²) in [5.74, 6) is -0.540. The van der Waals surface area contributed by atoms with E-state index in [4.69, 9.17) is 5.73 Å². The molecular formula is C18H37N7O4. The highest BCUT2D eigenvalue weighted by Gasteiger charge is 2.19. The van der Waals surface area contributed by atoms with E-state index < -0.39 is 18.1 Å². The standard InChI is InChI=1S/C18H37N7O4/c1-12(20-2)16(27)23-9-6-14(21-3)18(29)25-10-7-15(22-4)17(28)24-8-5-13(19)11-26/h11-15,20-22H,5-10,19H2,1-4H3,(H,23,27)(H,24,28)(H,25,29). The fourth-order valence-corrected chi connectivity index (χ4v) is 2.45. The van der Waals surface area contributed by atoms with Crippen molar-refractivity contribution in [2.75, 3.05) is 40.8 Å². The second-order valence-corrected chi connectivity index (χ2v) is 6.73. The van der Waals surface area contributed by atoms with Crippen molar-refractivity contribution in [3.63, 3.8) is 0 Å². The Morgan fingerprint density at radius 3 is 1.55 bits per heavy atom. The molecular weight excluding hydrogens is 378 g/mol. The highest BCUT2D eigenvalue weighted by molar-refractivity contribution is 5.83. The Morgan fingerprint density at radius 1 is 0.759 bits per heavy atom. The third-order valence-corrected chi connectivity index (χ3v) is 4.57. The fraction of sp³-hybridized carbons (Fsp3) is 0.778. The molecule has 0 aliphatic heterocycles. The summed E-state index contributed by atoms with van der Waals surface area (Å²) in [5.41, 5.74) is 5.48. The number of carbonyl (C=O) groups excluding carboxylic acids is 4. The monoisotopic (exact) mass is 415 g/mol. The van der Waals surface area contributed by atoms with E-state index in [1.54, 1.807) is 28.1 Å². The molecule has 168 valence electrons. The molecule has 0 radical (unpaired) electrons. The Bertz CT molecular complexity index is 518.